The summed E-state index contributed by atoms with van der Waals surface area (Å²) in [5.74, 6) is 0.957. The molecule has 0 aliphatic carbocycles. The van der Waals surface area contributed by atoms with Crippen molar-refractivity contribution in [2.45, 2.75) is 6.92 Å². The quantitative estimate of drug-likeness (QED) is 0.769. The lowest BCUT2D eigenvalue weighted by Gasteiger charge is -2.07. The van der Waals surface area contributed by atoms with Gasteiger partial charge in [0.15, 0.2) is 0 Å². The van der Waals surface area contributed by atoms with Crippen LogP contribution in [0, 0.1) is 0 Å². The zero-order chi connectivity index (χ0) is 15.8. The van der Waals surface area contributed by atoms with Crippen LogP contribution in [0.5, 0.6) is 5.75 Å². The van der Waals surface area contributed by atoms with E-state index >= 15 is 0 Å². The van der Waals surface area contributed by atoms with Gasteiger partial charge in [0.05, 0.1) is 12.2 Å². The maximum Gasteiger partial charge on any atom is 0.258 e. The van der Waals surface area contributed by atoms with Crippen LogP contribution in [0.2, 0.25) is 0 Å². The number of hydrogen-bond acceptors (Lipinski definition) is 5. The lowest BCUT2D eigenvalue weighted by Crippen LogP contribution is -2.13. The number of amides is 1. The van der Waals surface area contributed by atoms with E-state index in [0.717, 1.165) is 5.75 Å². The maximum absolute atomic E-state index is 12.1. The second-order valence-corrected chi connectivity index (χ2v) is 4.38. The summed E-state index contributed by atoms with van der Waals surface area (Å²) in [7, 11) is 0. The molecule has 0 aliphatic rings. The van der Waals surface area contributed by atoms with Gasteiger partial charge in [-0.1, -0.05) is 6.08 Å². The molecule has 22 heavy (non-hydrogen) atoms. The molecule has 1 aromatic heterocycles. The van der Waals surface area contributed by atoms with Gasteiger partial charge < -0.3 is 15.4 Å². The summed E-state index contributed by atoms with van der Waals surface area (Å²) < 4.78 is 5.35. The van der Waals surface area contributed by atoms with Crippen molar-refractivity contribution >= 4 is 17.5 Å². The summed E-state index contributed by atoms with van der Waals surface area (Å²) in [6.45, 7) is 6.69. The number of anilines is 2. The Morgan fingerprint density at radius 2 is 1.95 bits per heavy atom. The third-order valence-electron chi connectivity index (χ3n) is 2.74. The Hall–Kier alpha value is -2.89. The summed E-state index contributed by atoms with van der Waals surface area (Å²) in [5, 5.41) is 5.72. The third-order valence-corrected chi connectivity index (χ3v) is 2.74. The van der Waals surface area contributed by atoms with E-state index in [4.69, 9.17) is 4.74 Å². The van der Waals surface area contributed by atoms with Gasteiger partial charge in [0.25, 0.3) is 5.91 Å². The summed E-state index contributed by atoms with van der Waals surface area (Å²) in [6, 6.07) is 7.17. The molecule has 2 rings (SSSR count). The molecule has 0 spiro atoms. The van der Waals surface area contributed by atoms with Crippen molar-refractivity contribution in [3.05, 3.63) is 54.9 Å². The van der Waals surface area contributed by atoms with Crippen LogP contribution < -0.4 is 15.4 Å². The largest absolute Gasteiger partial charge is 0.494 e. The number of carbonyl (C=O) groups is 1. The molecule has 0 saturated heterocycles. The molecule has 2 N–H and O–H groups in total. The minimum Gasteiger partial charge on any atom is -0.494 e. The van der Waals surface area contributed by atoms with E-state index in [1.54, 1.807) is 30.3 Å². The van der Waals surface area contributed by atoms with Crippen molar-refractivity contribution in [2.24, 2.45) is 0 Å². The lowest BCUT2D eigenvalue weighted by molar-refractivity contribution is 0.102. The van der Waals surface area contributed by atoms with Crippen LogP contribution in [0.4, 0.5) is 11.6 Å². The van der Waals surface area contributed by atoms with E-state index in [2.05, 4.69) is 27.2 Å². The van der Waals surface area contributed by atoms with Crippen molar-refractivity contribution in [1.29, 1.82) is 0 Å². The predicted octanol–water partition coefficient (Wildman–Crippen LogP) is 2.73. The minimum atomic E-state index is -0.264. The molecule has 0 unspecified atom stereocenters. The smallest absolute Gasteiger partial charge is 0.258 e. The molecule has 0 atom stereocenters. The van der Waals surface area contributed by atoms with E-state index < -0.39 is 0 Å². The van der Waals surface area contributed by atoms with Gasteiger partial charge in [-0.2, -0.15) is 0 Å². The van der Waals surface area contributed by atoms with Crippen LogP contribution in [-0.2, 0) is 0 Å². The van der Waals surface area contributed by atoms with E-state index in [9.17, 15) is 4.79 Å². The number of carbonyl (C=O) groups excluding carboxylic acids is 1. The van der Waals surface area contributed by atoms with Crippen molar-refractivity contribution in [2.75, 3.05) is 23.8 Å². The second kappa shape index (κ2) is 7.78. The fraction of sp³-hybridized carbons (Fsp3) is 0.188. The SMILES string of the molecule is C=CCNc1ncc(C(=O)Nc2ccc(OCC)cc2)cn1. The van der Waals surface area contributed by atoms with Gasteiger partial charge in [0, 0.05) is 24.6 Å². The lowest BCUT2D eigenvalue weighted by atomic mass is 10.2. The number of nitrogens with one attached hydrogen (secondary N) is 2. The summed E-state index contributed by atoms with van der Waals surface area (Å²) in [4.78, 5) is 20.2. The molecule has 0 aliphatic heterocycles. The molecule has 6 heteroatoms. The molecule has 0 fully saturated rings. The van der Waals surface area contributed by atoms with Crippen LogP contribution >= 0.6 is 0 Å². The van der Waals surface area contributed by atoms with Gasteiger partial charge in [-0.25, -0.2) is 9.97 Å². The molecule has 114 valence electrons. The zero-order valence-electron chi connectivity index (χ0n) is 12.4. The van der Waals surface area contributed by atoms with Gasteiger partial charge in [0.1, 0.15) is 5.75 Å². The van der Waals surface area contributed by atoms with Crippen LogP contribution in [-0.4, -0.2) is 29.0 Å². The molecule has 0 bridgehead atoms. The molecular weight excluding hydrogens is 280 g/mol. The van der Waals surface area contributed by atoms with E-state index in [-0.39, 0.29) is 5.91 Å². The van der Waals surface area contributed by atoms with E-state index in [1.807, 2.05) is 6.92 Å². The Morgan fingerprint density at radius 1 is 1.27 bits per heavy atom. The molecular formula is C16H18N4O2. The van der Waals surface area contributed by atoms with Crippen LogP contribution in [0.15, 0.2) is 49.3 Å². The highest BCUT2D eigenvalue weighted by Crippen LogP contribution is 2.16. The second-order valence-electron chi connectivity index (χ2n) is 4.38. The first-order valence-electron chi connectivity index (χ1n) is 6.94. The number of aromatic nitrogens is 2. The molecule has 0 radical (unpaired) electrons. The van der Waals surface area contributed by atoms with Crippen LogP contribution in [0.3, 0.4) is 0 Å². The number of ether oxygens (including phenoxy) is 1. The highest BCUT2D eigenvalue weighted by atomic mass is 16.5. The molecule has 1 aromatic carbocycles. The Balaban J connectivity index is 1.97. The van der Waals surface area contributed by atoms with Crippen molar-refractivity contribution in [3.63, 3.8) is 0 Å². The highest BCUT2D eigenvalue weighted by molar-refractivity contribution is 6.03. The van der Waals surface area contributed by atoms with Gasteiger partial charge in [-0.3, -0.25) is 4.79 Å². The molecule has 2 aromatic rings. The minimum absolute atomic E-state index is 0.264. The molecule has 1 heterocycles. The van der Waals surface area contributed by atoms with Crippen LogP contribution in [0.25, 0.3) is 0 Å². The number of benzene rings is 1. The zero-order valence-corrected chi connectivity index (χ0v) is 12.4. The van der Waals surface area contributed by atoms with Gasteiger partial charge in [-0.15, -0.1) is 6.58 Å². The Morgan fingerprint density at radius 3 is 2.55 bits per heavy atom. The van der Waals surface area contributed by atoms with E-state index in [0.29, 0.717) is 30.4 Å². The average molecular weight is 298 g/mol. The molecule has 0 saturated carbocycles. The van der Waals surface area contributed by atoms with Crippen molar-refractivity contribution in [3.8, 4) is 5.75 Å². The summed E-state index contributed by atoms with van der Waals surface area (Å²) in [5.41, 5.74) is 1.07. The first-order valence-corrected chi connectivity index (χ1v) is 6.94. The molecule has 6 nitrogen and oxygen atoms in total. The van der Waals surface area contributed by atoms with Crippen molar-refractivity contribution < 1.29 is 9.53 Å². The fourth-order valence-electron chi connectivity index (χ4n) is 1.70. The standard InChI is InChI=1S/C16H18N4O2/c1-3-9-17-16-18-10-12(11-19-16)15(21)20-13-5-7-14(8-6-13)22-4-2/h3,5-8,10-11H,1,4,9H2,2H3,(H,20,21)(H,17,18,19). The highest BCUT2D eigenvalue weighted by Gasteiger charge is 2.07. The first kappa shape index (κ1) is 15.5. The van der Waals surface area contributed by atoms with Gasteiger partial charge in [0.2, 0.25) is 5.95 Å². The number of hydrogen-bond donors (Lipinski definition) is 2. The van der Waals surface area contributed by atoms with Gasteiger partial charge >= 0.3 is 0 Å². The molecule has 1 amide bonds. The topological polar surface area (TPSA) is 76.1 Å². The Bertz CT molecular complexity index is 624. The Kier molecular flexibility index (Phi) is 5.48. The summed E-state index contributed by atoms with van der Waals surface area (Å²) in [6.07, 6.45) is 4.65. The van der Waals surface area contributed by atoms with Crippen molar-refractivity contribution in [1.82, 2.24) is 9.97 Å². The monoisotopic (exact) mass is 298 g/mol. The normalized spacial score (nSPS) is 9.86. The first-order chi connectivity index (χ1) is 10.7. The van der Waals surface area contributed by atoms with E-state index in [1.165, 1.54) is 12.4 Å². The number of nitrogens with zero attached hydrogens (tertiary/aromatic N) is 2. The Labute approximate surface area is 129 Å². The van der Waals surface area contributed by atoms with Gasteiger partial charge in [-0.05, 0) is 31.2 Å². The third kappa shape index (κ3) is 4.31. The average Bonchev–Trinajstić information content (AvgIpc) is 2.55. The summed E-state index contributed by atoms with van der Waals surface area (Å²) >= 11 is 0. The maximum atomic E-state index is 12.1. The predicted molar refractivity (Wildman–Crippen MR) is 86.3 cm³/mol. The number of rotatable bonds is 7. The fourth-order valence-corrected chi connectivity index (χ4v) is 1.70. The van der Waals surface area contributed by atoms with Crippen LogP contribution in [0.1, 0.15) is 17.3 Å².